The summed E-state index contributed by atoms with van der Waals surface area (Å²) in [5.41, 5.74) is 5.13. The second kappa shape index (κ2) is 6.72. The number of rotatable bonds is 7. The van der Waals surface area contributed by atoms with Crippen molar-refractivity contribution in [2.75, 3.05) is 0 Å². The quantitative estimate of drug-likeness (QED) is 0.419. The van der Waals surface area contributed by atoms with E-state index in [-0.39, 0.29) is 0 Å². The summed E-state index contributed by atoms with van der Waals surface area (Å²) in [6.45, 7) is 11.5. The third kappa shape index (κ3) is 4.39. The summed E-state index contributed by atoms with van der Waals surface area (Å²) in [7, 11) is 0. The SMILES string of the molecule is CC(C)c1ccc2ooc2c1CCCCCCC(C)(C)C. The van der Waals surface area contributed by atoms with E-state index in [0.29, 0.717) is 11.3 Å². The Kier molecular flexibility index (Phi) is 5.18. The maximum absolute atomic E-state index is 5.22. The second-order valence-corrected chi connectivity index (χ2v) is 7.76. The van der Waals surface area contributed by atoms with Crippen molar-refractivity contribution in [3.8, 4) is 0 Å². The molecule has 1 heterocycles. The highest BCUT2D eigenvalue weighted by atomic mass is 17.0. The van der Waals surface area contributed by atoms with Crippen LogP contribution in [0.5, 0.6) is 0 Å². The molecule has 118 valence electrons. The van der Waals surface area contributed by atoms with Crippen molar-refractivity contribution in [2.45, 2.75) is 79.1 Å². The molecule has 0 atom stereocenters. The molecule has 0 fully saturated rings. The van der Waals surface area contributed by atoms with Gasteiger partial charge < -0.3 is 0 Å². The van der Waals surface area contributed by atoms with Gasteiger partial charge >= 0.3 is 0 Å². The predicted octanol–water partition coefficient (Wildman–Crippen LogP) is 6.69. The Morgan fingerprint density at radius 2 is 1.67 bits per heavy atom. The fourth-order valence-corrected chi connectivity index (χ4v) is 2.94. The van der Waals surface area contributed by atoms with Crippen molar-refractivity contribution < 1.29 is 9.15 Å². The summed E-state index contributed by atoms with van der Waals surface area (Å²) in [5.74, 6) is 0.537. The molecular formula is C19H30O2. The van der Waals surface area contributed by atoms with E-state index >= 15 is 0 Å². The molecule has 0 N–H and O–H groups in total. The van der Waals surface area contributed by atoms with E-state index in [1.807, 2.05) is 6.07 Å². The van der Waals surface area contributed by atoms with Crippen LogP contribution in [0.3, 0.4) is 0 Å². The van der Waals surface area contributed by atoms with Crippen molar-refractivity contribution in [1.29, 1.82) is 0 Å². The zero-order valence-electron chi connectivity index (χ0n) is 14.3. The van der Waals surface area contributed by atoms with Gasteiger partial charge in [0.15, 0.2) is 0 Å². The smallest absolute Gasteiger partial charge is 0.229 e. The van der Waals surface area contributed by atoms with Crippen LogP contribution in [0.15, 0.2) is 21.3 Å². The third-order valence-corrected chi connectivity index (χ3v) is 4.20. The van der Waals surface area contributed by atoms with Crippen LogP contribution < -0.4 is 0 Å². The van der Waals surface area contributed by atoms with Crippen LogP contribution in [-0.2, 0) is 6.42 Å². The highest BCUT2D eigenvalue weighted by molar-refractivity contribution is 5.76. The normalized spacial score (nSPS) is 12.7. The van der Waals surface area contributed by atoms with Gasteiger partial charge in [0.25, 0.3) is 0 Å². The maximum Gasteiger partial charge on any atom is 0.229 e. The highest BCUT2D eigenvalue weighted by Gasteiger charge is 2.17. The number of hydrogen-bond acceptors (Lipinski definition) is 2. The van der Waals surface area contributed by atoms with Crippen molar-refractivity contribution >= 4 is 11.2 Å². The summed E-state index contributed by atoms with van der Waals surface area (Å²) in [6, 6.07) is 4.22. The lowest BCUT2D eigenvalue weighted by atomic mass is 9.89. The maximum atomic E-state index is 5.22. The molecule has 1 aromatic heterocycles. The van der Waals surface area contributed by atoms with Gasteiger partial charge in [0.1, 0.15) is 0 Å². The molecule has 0 amide bonds. The molecule has 1 aromatic carbocycles. The van der Waals surface area contributed by atoms with Crippen LogP contribution in [0.2, 0.25) is 0 Å². The highest BCUT2D eigenvalue weighted by Crippen LogP contribution is 2.31. The topological polar surface area (TPSA) is 26.3 Å². The van der Waals surface area contributed by atoms with Gasteiger partial charge in [-0.25, -0.2) is 0 Å². The Morgan fingerprint density at radius 1 is 0.952 bits per heavy atom. The molecule has 21 heavy (non-hydrogen) atoms. The number of aryl methyl sites for hydroxylation is 1. The van der Waals surface area contributed by atoms with Crippen LogP contribution in [-0.4, -0.2) is 0 Å². The fourth-order valence-electron chi connectivity index (χ4n) is 2.94. The van der Waals surface area contributed by atoms with Gasteiger partial charge in [-0.3, -0.25) is 9.15 Å². The van der Waals surface area contributed by atoms with Crippen molar-refractivity contribution in [3.05, 3.63) is 23.3 Å². The first-order chi connectivity index (χ1) is 9.88. The molecular weight excluding hydrogens is 260 g/mol. The monoisotopic (exact) mass is 290 g/mol. The van der Waals surface area contributed by atoms with E-state index in [1.165, 1.54) is 43.2 Å². The van der Waals surface area contributed by atoms with E-state index in [4.69, 9.17) is 9.15 Å². The second-order valence-electron chi connectivity index (χ2n) is 7.76. The predicted molar refractivity (Wildman–Crippen MR) is 88.8 cm³/mol. The molecule has 0 saturated heterocycles. The minimum absolute atomic E-state index is 0.471. The molecule has 0 bridgehead atoms. The largest absolute Gasteiger partial charge is 0.286 e. The van der Waals surface area contributed by atoms with Gasteiger partial charge in [0.05, 0.1) is 0 Å². The van der Waals surface area contributed by atoms with Gasteiger partial charge in [0, 0.05) is 5.56 Å². The number of unbranched alkanes of at least 4 members (excludes halogenated alkanes) is 3. The molecule has 0 aliphatic heterocycles. The summed E-state index contributed by atoms with van der Waals surface area (Å²) < 4.78 is 10.3. The van der Waals surface area contributed by atoms with Crippen molar-refractivity contribution in [1.82, 2.24) is 0 Å². The van der Waals surface area contributed by atoms with Gasteiger partial charge in [0.2, 0.25) is 11.2 Å². The van der Waals surface area contributed by atoms with Crippen LogP contribution >= 0.6 is 0 Å². The summed E-state index contributed by atoms with van der Waals surface area (Å²) in [6.07, 6.45) is 7.65. The standard InChI is InChI=1S/C19H30O2/c1-14(2)15-11-12-17-18(21-20-17)16(15)10-8-6-7-9-13-19(3,4)5/h11-12,14H,6-10,13H2,1-5H3. The fraction of sp³-hybridized carbons (Fsp3) is 0.684. The Morgan fingerprint density at radius 3 is 2.24 bits per heavy atom. The Hall–Kier alpha value is -1.18. The van der Waals surface area contributed by atoms with Crippen LogP contribution in [0.4, 0.5) is 0 Å². The molecule has 0 radical (unpaired) electrons. The molecule has 0 saturated carbocycles. The number of hydrogen-bond donors (Lipinski definition) is 0. The average molecular weight is 290 g/mol. The Bertz CT molecular complexity index is 552. The molecule has 2 nitrogen and oxygen atoms in total. The molecule has 0 spiro atoms. The first kappa shape index (κ1) is 16.2. The minimum atomic E-state index is 0.471. The van der Waals surface area contributed by atoms with Crippen LogP contribution in [0.25, 0.3) is 11.2 Å². The number of benzene rings is 1. The Balaban J connectivity index is 1.85. The van der Waals surface area contributed by atoms with Crippen molar-refractivity contribution in [2.24, 2.45) is 5.41 Å². The van der Waals surface area contributed by atoms with E-state index < -0.39 is 0 Å². The van der Waals surface area contributed by atoms with E-state index in [9.17, 15) is 0 Å². The lowest BCUT2D eigenvalue weighted by Gasteiger charge is -2.17. The molecule has 2 heteroatoms. The van der Waals surface area contributed by atoms with Crippen LogP contribution in [0.1, 0.15) is 83.8 Å². The van der Waals surface area contributed by atoms with Gasteiger partial charge in [-0.1, -0.05) is 59.9 Å². The first-order valence-electron chi connectivity index (χ1n) is 8.39. The van der Waals surface area contributed by atoms with Crippen molar-refractivity contribution in [3.63, 3.8) is 0 Å². The minimum Gasteiger partial charge on any atom is -0.286 e. The molecule has 0 aliphatic rings. The third-order valence-electron chi connectivity index (χ3n) is 4.20. The summed E-state index contributed by atoms with van der Waals surface area (Å²) in [4.78, 5) is 0. The zero-order chi connectivity index (χ0) is 15.5. The lowest BCUT2D eigenvalue weighted by Crippen LogP contribution is -2.04. The molecule has 0 unspecified atom stereocenters. The average Bonchev–Trinajstić information content (AvgIpc) is 2.33. The summed E-state index contributed by atoms with van der Waals surface area (Å²) in [5, 5.41) is 0. The molecule has 2 aromatic rings. The van der Waals surface area contributed by atoms with Gasteiger partial charge in [-0.2, -0.15) is 0 Å². The Labute approximate surface area is 128 Å². The van der Waals surface area contributed by atoms with E-state index in [0.717, 1.165) is 17.6 Å². The van der Waals surface area contributed by atoms with E-state index in [1.54, 1.807) is 0 Å². The lowest BCUT2D eigenvalue weighted by molar-refractivity contribution is 0.0579. The molecule has 2 rings (SSSR count). The number of fused-ring (bicyclic) bond motifs is 1. The molecule has 0 aliphatic carbocycles. The summed E-state index contributed by atoms with van der Waals surface area (Å²) >= 11 is 0. The zero-order valence-corrected chi connectivity index (χ0v) is 14.3. The van der Waals surface area contributed by atoms with E-state index in [2.05, 4.69) is 40.7 Å². The van der Waals surface area contributed by atoms with Gasteiger partial charge in [-0.05, 0) is 42.2 Å². The first-order valence-corrected chi connectivity index (χ1v) is 8.39. The van der Waals surface area contributed by atoms with Crippen LogP contribution in [0, 0.1) is 5.41 Å². The van der Waals surface area contributed by atoms with Gasteiger partial charge in [-0.15, -0.1) is 0 Å².